The van der Waals surface area contributed by atoms with Crippen LogP contribution in [0.1, 0.15) is 0 Å². The molecule has 0 saturated heterocycles. The minimum atomic E-state index is 0.586. The molecule has 0 fully saturated rings. The first kappa shape index (κ1) is 31.3. The molecule has 0 N–H and O–H groups in total. The summed E-state index contributed by atoms with van der Waals surface area (Å²) in [7, 11) is 0. The Bertz CT molecular complexity index is 3660. The largest absolute Gasteiger partial charge is 0.309 e. The monoisotopic (exact) mass is 737 g/mol. The second-order valence-electron chi connectivity index (χ2n) is 15.2. The van der Waals surface area contributed by atoms with Gasteiger partial charge in [-0.05, 0) is 86.9 Å². The van der Waals surface area contributed by atoms with E-state index in [4.69, 9.17) is 15.0 Å². The minimum Gasteiger partial charge on any atom is -0.309 e. The fourth-order valence-electron chi connectivity index (χ4n) is 9.64. The van der Waals surface area contributed by atoms with Gasteiger partial charge in [0.15, 0.2) is 11.6 Å². The number of nitrogens with zero attached hydrogens (tertiary/aromatic N) is 5. The summed E-state index contributed by atoms with van der Waals surface area (Å²) < 4.78 is 4.69. The Morgan fingerprint density at radius 1 is 0.310 bits per heavy atom. The zero-order chi connectivity index (χ0) is 37.9. The van der Waals surface area contributed by atoms with Gasteiger partial charge in [0.2, 0.25) is 5.95 Å². The van der Waals surface area contributed by atoms with Crippen molar-refractivity contribution in [2.24, 2.45) is 0 Å². The molecule has 268 valence electrons. The van der Waals surface area contributed by atoms with E-state index in [0.29, 0.717) is 17.6 Å². The molecule has 3 aromatic heterocycles. The van der Waals surface area contributed by atoms with Crippen LogP contribution in [0, 0.1) is 0 Å². The third kappa shape index (κ3) is 4.33. The van der Waals surface area contributed by atoms with Crippen molar-refractivity contribution in [3.8, 4) is 56.7 Å². The quantitative estimate of drug-likeness (QED) is 0.177. The van der Waals surface area contributed by atoms with Crippen molar-refractivity contribution < 1.29 is 0 Å². The van der Waals surface area contributed by atoms with E-state index in [0.717, 1.165) is 44.4 Å². The maximum Gasteiger partial charge on any atom is 0.238 e. The van der Waals surface area contributed by atoms with E-state index in [1.807, 2.05) is 18.2 Å². The summed E-state index contributed by atoms with van der Waals surface area (Å²) in [4.78, 5) is 16.0. The number of fused-ring (bicyclic) bond motifs is 2. The Morgan fingerprint density at radius 2 is 0.862 bits per heavy atom. The lowest BCUT2D eigenvalue weighted by Crippen LogP contribution is -2.06. The highest BCUT2D eigenvalue weighted by Crippen LogP contribution is 2.51. The topological polar surface area (TPSA) is 48.5 Å². The van der Waals surface area contributed by atoms with E-state index < -0.39 is 0 Å². The van der Waals surface area contributed by atoms with Crippen LogP contribution in [-0.4, -0.2) is 24.1 Å². The average Bonchev–Trinajstić information content (AvgIpc) is 3.78. The zero-order valence-electron chi connectivity index (χ0n) is 31.1. The molecule has 1 aliphatic carbocycles. The Morgan fingerprint density at radius 3 is 1.55 bits per heavy atom. The van der Waals surface area contributed by atoms with Gasteiger partial charge in [-0.2, -0.15) is 9.97 Å². The van der Waals surface area contributed by atoms with Gasteiger partial charge in [-0.1, -0.05) is 140 Å². The lowest BCUT2D eigenvalue weighted by Gasteiger charge is -2.14. The molecule has 0 atom stereocenters. The van der Waals surface area contributed by atoms with Crippen molar-refractivity contribution in [3.05, 3.63) is 188 Å². The predicted octanol–water partition coefficient (Wildman–Crippen LogP) is 13.4. The van der Waals surface area contributed by atoms with Crippen LogP contribution in [-0.2, 0) is 0 Å². The van der Waals surface area contributed by atoms with Gasteiger partial charge in [0, 0.05) is 43.7 Å². The van der Waals surface area contributed by atoms with Crippen molar-refractivity contribution in [1.82, 2.24) is 24.1 Å². The number of benzene rings is 9. The van der Waals surface area contributed by atoms with Crippen LogP contribution in [0.2, 0.25) is 0 Å². The Balaban J connectivity index is 1.15. The second-order valence-corrected chi connectivity index (χ2v) is 15.2. The van der Waals surface area contributed by atoms with Gasteiger partial charge in [-0.25, -0.2) is 4.98 Å². The molecule has 0 saturated carbocycles. The number of hydrogen-bond acceptors (Lipinski definition) is 3. The molecule has 0 bridgehead atoms. The van der Waals surface area contributed by atoms with E-state index >= 15 is 0 Å². The maximum atomic E-state index is 5.42. The Labute approximate surface area is 332 Å². The lowest BCUT2D eigenvalue weighted by atomic mass is 9.95. The first-order valence-electron chi connectivity index (χ1n) is 19.7. The van der Waals surface area contributed by atoms with Crippen molar-refractivity contribution in [2.45, 2.75) is 0 Å². The van der Waals surface area contributed by atoms with Gasteiger partial charge < -0.3 is 4.57 Å². The van der Waals surface area contributed by atoms with E-state index in [1.165, 1.54) is 59.9 Å². The van der Waals surface area contributed by atoms with E-state index in [-0.39, 0.29) is 0 Å². The fourth-order valence-corrected chi connectivity index (χ4v) is 9.64. The standard InChI is InChI=1S/C53H31N5/c1-4-14-32(15-5-1)41-31-36(30-35-18-10-11-21-38(35)41)52-54-51(34-16-6-2-7-17-34)55-53(56-52)58-43-25-13-23-40-39-22-12-24-42-47(39)49-44(57(42)37-19-8-3-9-20-37)28-26-33-27-29-45(58)50(46(33)49)48(40)43/h1-31H. The highest BCUT2D eigenvalue weighted by atomic mass is 15.2. The van der Waals surface area contributed by atoms with Crippen molar-refractivity contribution >= 4 is 65.2 Å². The number of rotatable bonds is 5. The van der Waals surface area contributed by atoms with E-state index in [1.54, 1.807) is 0 Å². The van der Waals surface area contributed by atoms with Gasteiger partial charge >= 0.3 is 0 Å². The first-order chi connectivity index (χ1) is 28.8. The maximum absolute atomic E-state index is 5.42. The van der Waals surface area contributed by atoms with E-state index in [2.05, 4.69) is 179 Å². The lowest BCUT2D eigenvalue weighted by molar-refractivity contribution is 0.954. The summed E-state index contributed by atoms with van der Waals surface area (Å²) in [6, 6.07) is 67.1. The van der Waals surface area contributed by atoms with Crippen LogP contribution in [0.5, 0.6) is 0 Å². The summed E-state index contributed by atoms with van der Waals surface area (Å²) >= 11 is 0. The van der Waals surface area contributed by atoms with Gasteiger partial charge in [-0.15, -0.1) is 0 Å². The van der Waals surface area contributed by atoms with Crippen LogP contribution in [0.15, 0.2) is 188 Å². The smallest absolute Gasteiger partial charge is 0.238 e. The van der Waals surface area contributed by atoms with Crippen LogP contribution in [0.4, 0.5) is 0 Å². The molecule has 3 heterocycles. The molecule has 58 heavy (non-hydrogen) atoms. The molecule has 0 unspecified atom stereocenters. The third-order valence-corrected chi connectivity index (χ3v) is 12.1. The average molecular weight is 738 g/mol. The van der Waals surface area contributed by atoms with Gasteiger partial charge in [0.05, 0.1) is 22.1 Å². The molecule has 12 aromatic rings. The number of aromatic nitrogens is 5. The summed E-state index contributed by atoms with van der Waals surface area (Å²) in [5.74, 6) is 1.84. The van der Waals surface area contributed by atoms with Crippen LogP contribution in [0.25, 0.3) is 122 Å². The predicted molar refractivity (Wildman–Crippen MR) is 239 cm³/mol. The van der Waals surface area contributed by atoms with Gasteiger partial charge in [0.1, 0.15) is 0 Å². The molecular formula is C53H31N5. The molecule has 5 heteroatoms. The Hall–Kier alpha value is -7.89. The molecule has 5 nitrogen and oxygen atoms in total. The van der Waals surface area contributed by atoms with Crippen molar-refractivity contribution in [2.75, 3.05) is 0 Å². The second kappa shape index (κ2) is 11.8. The molecule has 1 aliphatic rings. The van der Waals surface area contributed by atoms with Crippen molar-refractivity contribution in [1.29, 1.82) is 0 Å². The first-order valence-corrected chi connectivity index (χ1v) is 19.7. The van der Waals surface area contributed by atoms with Gasteiger partial charge in [-0.3, -0.25) is 4.57 Å². The third-order valence-electron chi connectivity index (χ3n) is 12.1. The van der Waals surface area contributed by atoms with Crippen molar-refractivity contribution in [3.63, 3.8) is 0 Å². The van der Waals surface area contributed by atoms with Gasteiger partial charge in [0.25, 0.3) is 0 Å². The number of para-hydroxylation sites is 1. The Kier molecular flexibility index (Phi) is 6.38. The highest BCUT2D eigenvalue weighted by molar-refractivity contribution is 6.38. The van der Waals surface area contributed by atoms with Crippen LogP contribution in [0.3, 0.4) is 0 Å². The molecule has 0 aliphatic heterocycles. The zero-order valence-corrected chi connectivity index (χ0v) is 31.1. The number of hydrogen-bond donors (Lipinski definition) is 0. The molecule has 0 radical (unpaired) electrons. The summed E-state index contributed by atoms with van der Waals surface area (Å²) in [5.41, 5.74) is 12.3. The summed E-state index contributed by atoms with van der Waals surface area (Å²) in [6.45, 7) is 0. The summed E-state index contributed by atoms with van der Waals surface area (Å²) in [6.07, 6.45) is 0. The van der Waals surface area contributed by atoms with E-state index in [9.17, 15) is 0 Å². The highest BCUT2D eigenvalue weighted by Gasteiger charge is 2.28. The fraction of sp³-hybridized carbons (Fsp3) is 0. The molecule has 9 aromatic carbocycles. The molecule has 13 rings (SSSR count). The SMILES string of the molecule is c1ccc(-c2nc(-c3cc(-c4ccccc4)c4ccccc4c3)nc(-n3c4cccc5c4c4c6c(ccc7c6c6c-5cccc6n7-c5ccccc5)ccc43)n2)cc1. The molecular weight excluding hydrogens is 707 g/mol. The van der Waals surface area contributed by atoms with Crippen LogP contribution >= 0.6 is 0 Å². The minimum absolute atomic E-state index is 0.586. The van der Waals surface area contributed by atoms with Crippen LogP contribution < -0.4 is 0 Å². The molecule has 0 amide bonds. The normalized spacial score (nSPS) is 12.1. The summed E-state index contributed by atoms with van der Waals surface area (Å²) in [5, 5.41) is 9.79. The molecule has 0 spiro atoms.